The molecular formula is C31H28N4O6S. The number of thioether (sulfide) groups is 1. The number of benzene rings is 3. The van der Waals surface area contributed by atoms with Gasteiger partial charge < -0.3 is 24.5 Å². The Hall–Kier alpha value is -4.61. The van der Waals surface area contributed by atoms with Crippen molar-refractivity contribution in [2.75, 3.05) is 24.8 Å². The van der Waals surface area contributed by atoms with Gasteiger partial charge in [0.05, 0.1) is 11.0 Å². The summed E-state index contributed by atoms with van der Waals surface area (Å²) in [5, 5.41) is 2.51. The molecule has 0 aliphatic carbocycles. The van der Waals surface area contributed by atoms with Crippen LogP contribution >= 0.6 is 11.8 Å². The molecule has 42 heavy (non-hydrogen) atoms. The van der Waals surface area contributed by atoms with Crippen molar-refractivity contribution < 1.29 is 28.6 Å². The number of methoxy groups -OCH3 is 1. The summed E-state index contributed by atoms with van der Waals surface area (Å²) in [7, 11) is 1.43. The largest absolute Gasteiger partial charge is 0.461 e. The average molecular weight is 585 g/mol. The molecule has 1 unspecified atom stereocenters. The predicted molar refractivity (Wildman–Crippen MR) is 157 cm³/mol. The lowest BCUT2D eigenvalue weighted by molar-refractivity contribution is -0.179. The van der Waals surface area contributed by atoms with E-state index >= 15 is 0 Å². The fourth-order valence-electron chi connectivity index (χ4n) is 5.17. The first-order chi connectivity index (χ1) is 20.4. The lowest BCUT2D eigenvalue weighted by atomic mass is 9.98. The average Bonchev–Trinajstić information content (AvgIpc) is 3.44. The Morgan fingerprint density at radius 1 is 1.05 bits per heavy atom. The molecule has 2 atom stereocenters. The number of carbonyl (C=O) groups excluding carboxylic acids is 3. The van der Waals surface area contributed by atoms with Gasteiger partial charge in [-0.1, -0.05) is 72.8 Å². The lowest BCUT2D eigenvalue weighted by Gasteiger charge is -2.56. The fourth-order valence-corrected chi connectivity index (χ4v) is 6.59. The fraction of sp³-hybridized carbons (Fsp3) is 0.226. The number of aromatic nitrogens is 2. The van der Waals surface area contributed by atoms with Crippen LogP contribution in [-0.2, 0) is 28.6 Å². The number of H-pyrrole nitrogens is 1. The number of para-hydroxylation sites is 2. The molecule has 214 valence electrons. The van der Waals surface area contributed by atoms with Crippen LogP contribution in [0.15, 0.2) is 96.2 Å². The third-order valence-electron chi connectivity index (χ3n) is 7.20. The molecule has 6 rings (SSSR count). The Morgan fingerprint density at radius 3 is 2.31 bits per heavy atom. The highest BCUT2D eigenvalue weighted by Crippen LogP contribution is 2.48. The van der Waals surface area contributed by atoms with Gasteiger partial charge in [0.15, 0.2) is 6.10 Å². The first-order valence-electron chi connectivity index (χ1n) is 13.3. The number of imidazole rings is 1. The number of hydrogen-bond acceptors (Lipinski definition) is 9. The van der Waals surface area contributed by atoms with Gasteiger partial charge in [0.25, 0.3) is 11.6 Å². The Labute approximate surface area is 246 Å². The molecule has 3 aromatic carbocycles. The normalized spacial score (nSPS) is 19.8. The quantitative estimate of drug-likeness (QED) is 0.168. The molecule has 1 fully saturated rings. The Morgan fingerprint density at radius 2 is 1.69 bits per heavy atom. The minimum Gasteiger partial charge on any atom is -0.461 e. The van der Waals surface area contributed by atoms with Gasteiger partial charge >= 0.3 is 11.9 Å². The summed E-state index contributed by atoms with van der Waals surface area (Å²) in [6.07, 6.45) is -0.729. The van der Waals surface area contributed by atoms with Crippen molar-refractivity contribution in [3.05, 3.63) is 107 Å². The Bertz CT molecular complexity index is 1600. The second-order valence-corrected chi connectivity index (χ2v) is 10.9. The minimum absolute atomic E-state index is 0.0425. The highest BCUT2D eigenvalue weighted by atomic mass is 32.2. The number of fused-ring (bicyclic) bond motifs is 2. The van der Waals surface area contributed by atoms with E-state index in [0.29, 0.717) is 17.3 Å². The van der Waals surface area contributed by atoms with E-state index in [1.807, 2.05) is 84.9 Å². The third kappa shape index (κ3) is 4.90. The topological polar surface area (TPSA) is 123 Å². The van der Waals surface area contributed by atoms with Crippen LogP contribution in [0.5, 0.6) is 0 Å². The van der Waals surface area contributed by atoms with E-state index in [-0.39, 0.29) is 12.3 Å². The summed E-state index contributed by atoms with van der Waals surface area (Å²) in [5.74, 6) is -1.03. The molecule has 1 aromatic heterocycles. The molecule has 1 saturated heterocycles. The van der Waals surface area contributed by atoms with E-state index in [9.17, 15) is 14.4 Å². The Kier molecular flexibility index (Phi) is 7.44. The van der Waals surface area contributed by atoms with E-state index in [0.717, 1.165) is 22.2 Å². The number of amides is 1. The third-order valence-corrected chi connectivity index (χ3v) is 8.57. The second-order valence-electron chi connectivity index (χ2n) is 9.84. The van der Waals surface area contributed by atoms with Crippen LogP contribution in [0.3, 0.4) is 0 Å². The minimum atomic E-state index is -1.49. The number of β-lactam (4-membered cyclic amide) rings is 1. The van der Waals surface area contributed by atoms with E-state index in [1.165, 1.54) is 30.7 Å². The standard InChI is InChI=1S/C31H28N4O6S/c1-19(36)40-17-22-18-42-29-31(39-2,34-30-32-23-15-9-10-16-24(23)33-30)28(38)35(29)25(22)27(37)41-26(20-11-5-3-6-12-20)21-13-7-4-8-14-21/h3-16,26,29H,17-18H2,1-2H3,(H2,32,33,34)/t29?,31-/m0/s1. The molecule has 4 aromatic rings. The van der Waals surface area contributed by atoms with Crippen molar-refractivity contribution in [3.63, 3.8) is 0 Å². The lowest BCUT2D eigenvalue weighted by Crippen LogP contribution is -2.77. The van der Waals surface area contributed by atoms with Crippen LogP contribution in [0.2, 0.25) is 0 Å². The van der Waals surface area contributed by atoms with Crippen LogP contribution in [0, 0.1) is 0 Å². The molecule has 1 amide bonds. The van der Waals surface area contributed by atoms with Gasteiger partial charge in [0.2, 0.25) is 5.95 Å². The van der Waals surface area contributed by atoms with Crippen LogP contribution < -0.4 is 5.32 Å². The van der Waals surface area contributed by atoms with Crippen molar-refractivity contribution in [1.29, 1.82) is 0 Å². The van der Waals surface area contributed by atoms with Gasteiger partial charge in [0.1, 0.15) is 17.7 Å². The Balaban J connectivity index is 1.34. The number of carbonyl (C=O) groups is 3. The number of rotatable bonds is 9. The predicted octanol–water partition coefficient (Wildman–Crippen LogP) is 4.38. The number of nitrogens with one attached hydrogen (secondary N) is 2. The van der Waals surface area contributed by atoms with Crippen LogP contribution in [0.25, 0.3) is 11.0 Å². The zero-order valence-corrected chi connectivity index (χ0v) is 23.7. The molecule has 0 saturated carbocycles. The summed E-state index contributed by atoms with van der Waals surface area (Å²) in [6.45, 7) is 1.14. The van der Waals surface area contributed by atoms with E-state index in [4.69, 9.17) is 14.2 Å². The highest BCUT2D eigenvalue weighted by molar-refractivity contribution is 8.00. The van der Waals surface area contributed by atoms with E-state index < -0.39 is 35.0 Å². The zero-order chi connectivity index (χ0) is 29.3. The number of hydrogen-bond donors (Lipinski definition) is 2. The van der Waals surface area contributed by atoms with Crippen molar-refractivity contribution >= 4 is 46.6 Å². The van der Waals surface area contributed by atoms with Crippen LogP contribution in [-0.4, -0.2) is 63.3 Å². The number of ether oxygens (including phenoxy) is 3. The number of aromatic amines is 1. The summed E-state index contributed by atoms with van der Waals surface area (Å²) < 4.78 is 17.2. The van der Waals surface area contributed by atoms with Gasteiger partial charge in [-0.05, 0) is 23.3 Å². The molecule has 2 aliphatic heterocycles. The smallest absolute Gasteiger partial charge is 0.356 e. The second kappa shape index (κ2) is 11.3. The van der Waals surface area contributed by atoms with Gasteiger partial charge in [0, 0.05) is 25.4 Å². The van der Waals surface area contributed by atoms with Gasteiger partial charge in [-0.25, -0.2) is 9.78 Å². The maximum absolute atomic E-state index is 14.0. The summed E-state index contributed by atoms with van der Waals surface area (Å²) >= 11 is 1.39. The SMILES string of the molecule is CO[C@@]1(Nc2nc3ccccc3[nH]2)C(=O)N2C(C(=O)OC(c3ccccc3)c3ccccc3)=C(COC(C)=O)CSC21. The first kappa shape index (κ1) is 27.6. The molecule has 10 nitrogen and oxygen atoms in total. The molecule has 2 aliphatic rings. The summed E-state index contributed by atoms with van der Waals surface area (Å²) in [4.78, 5) is 48.7. The van der Waals surface area contributed by atoms with Crippen molar-refractivity contribution in [2.24, 2.45) is 0 Å². The monoisotopic (exact) mass is 584 g/mol. The van der Waals surface area contributed by atoms with E-state index in [1.54, 1.807) is 0 Å². The number of anilines is 1. The first-order valence-corrected chi connectivity index (χ1v) is 14.4. The molecule has 0 radical (unpaired) electrons. The van der Waals surface area contributed by atoms with Crippen LogP contribution in [0.4, 0.5) is 5.95 Å². The van der Waals surface area contributed by atoms with E-state index in [2.05, 4.69) is 15.3 Å². The molecule has 3 heterocycles. The van der Waals surface area contributed by atoms with Crippen molar-refractivity contribution in [3.8, 4) is 0 Å². The number of esters is 2. The number of nitrogens with zero attached hydrogens (tertiary/aromatic N) is 2. The van der Waals surface area contributed by atoms with Crippen molar-refractivity contribution in [1.82, 2.24) is 14.9 Å². The maximum atomic E-state index is 14.0. The molecule has 2 N–H and O–H groups in total. The van der Waals surface area contributed by atoms with Gasteiger partial charge in [-0.3, -0.25) is 14.5 Å². The van der Waals surface area contributed by atoms with Gasteiger partial charge in [-0.2, -0.15) is 0 Å². The zero-order valence-electron chi connectivity index (χ0n) is 22.9. The van der Waals surface area contributed by atoms with Crippen LogP contribution in [0.1, 0.15) is 24.2 Å². The van der Waals surface area contributed by atoms with Gasteiger partial charge in [-0.15, -0.1) is 11.8 Å². The molecular weight excluding hydrogens is 556 g/mol. The molecule has 11 heteroatoms. The summed E-state index contributed by atoms with van der Waals surface area (Å²) in [5.41, 5.74) is 2.09. The molecule has 0 bridgehead atoms. The maximum Gasteiger partial charge on any atom is 0.356 e. The molecule has 0 spiro atoms. The van der Waals surface area contributed by atoms with Crippen molar-refractivity contribution in [2.45, 2.75) is 24.1 Å². The highest BCUT2D eigenvalue weighted by Gasteiger charge is 2.66. The summed E-state index contributed by atoms with van der Waals surface area (Å²) in [6, 6.07) is 26.2.